The van der Waals surface area contributed by atoms with Crippen molar-refractivity contribution >= 4 is 11.4 Å². The number of rotatable bonds is 5. The molecule has 0 saturated carbocycles. The van der Waals surface area contributed by atoms with E-state index in [4.69, 9.17) is 0 Å². The van der Waals surface area contributed by atoms with Crippen molar-refractivity contribution in [2.75, 3.05) is 23.3 Å². The maximum atomic E-state index is 3.56. The third kappa shape index (κ3) is 3.28. The molecule has 0 saturated heterocycles. The number of aryl methyl sites for hydroxylation is 1. The Hall–Kier alpha value is -1.96. The molecule has 0 amide bonds. The lowest BCUT2D eigenvalue weighted by Gasteiger charge is -2.41. The Morgan fingerprint density at radius 2 is 1.83 bits per heavy atom. The highest BCUT2D eigenvalue weighted by Gasteiger charge is 2.32. The van der Waals surface area contributed by atoms with Gasteiger partial charge >= 0.3 is 0 Å². The van der Waals surface area contributed by atoms with Crippen LogP contribution in [-0.2, 0) is 18.4 Å². The Morgan fingerprint density at radius 3 is 2.50 bits per heavy atom. The summed E-state index contributed by atoms with van der Waals surface area (Å²) in [6, 6.07) is 15.7. The van der Waals surface area contributed by atoms with E-state index in [1.165, 1.54) is 34.5 Å². The molecular weight excluding hydrogens is 292 g/mol. The van der Waals surface area contributed by atoms with Crippen LogP contribution >= 0.6 is 0 Å². The van der Waals surface area contributed by atoms with Gasteiger partial charge in [0, 0.05) is 31.0 Å². The van der Waals surface area contributed by atoms with Crippen LogP contribution in [-0.4, -0.2) is 13.1 Å². The van der Waals surface area contributed by atoms with Crippen molar-refractivity contribution in [3.05, 3.63) is 59.2 Å². The highest BCUT2D eigenvalue weighted by Crippen LogP contribution is 2.42. The van der Waals surface area contributed by atoms with Gasteiger partial charge in [-0.3, -0.25) is 0 Å². The summed E-state index contributed by atoms with van der Waals surface area (Å²) in [5.41, 5.74) is 7.27. The monoisotopic (exact) mass is 322 g/mol. The minimum atomic E-state index is 0.247. The molecule has 0 spiro atoms. The summed E-state index contributed by atoms with van der Waals surface area (Å²) in [7, 11) is 0. The van der Waals surface area contributed by atoms with Gasteiger partial charge in [0.05, 0.1) is 0 Å². The van der Waals surface area contributed by atoms with Gasteiger partial charge in [0.1, 0.15) is 0 Å². The number of hydrogen-bond acceptors (Lipinski definition) is 2. The molecule has 2 aromatic carbocycles. The second-order valence-corrected chi connectivity index (χ2v) is 7.45. The number of fused-ring (bicyclic) bond motifs is 1. The first-order valence-electron chi connectivity index (χ1n) is 9.25. The summed E-state index contributed by atoms with van der Waals surface area (Å²) in [5.74, 6) is 0. The van der Waals surface area contributed by atoms with Crippen LogP contribution in [0.25, 0.3) is 0 Å². The van der Waals surface area contributed by atoms with Gasteiger partial charge in [-0.15, -0.1) is 0 Å². The number of hydrogen-bond donors (Lipinski definition) is 1. The predicted molar refractivity (Wildman–Crippen MR) is 105 cm³/mol. The third-order valence-electron chi connectivity index (χ3n) is 5.26. The van der Waals surface area contributed by atoms with Crippen molar-refractivity contribution < 1.29 is 0 Å². The maximum Gasteiger partial charge on any atom is 0.0429 e. The molecular formula is C22H30N2. The molecule has 0 unspecified atom stereocenters. The van der Waals surface area contributed by atoms with Crippen molar-refractivity contribution in [2.45, 2.75) is 52.5 Å². The number of benzene rings is 2. The Morgan fingerprint density at radius 1 is 1.08 bits per heavy atom. The molecule has 24 heavy (non-hydrogen) atoms. The van der Waals surface area contributed by atoms with Gasteiger partial charge in [-0.05, 0) is 47.9 Å². The molecule has 1 heterocycles. The second-order valence-electron chi connectivity index (χ2n) is 7.45. The summed E-state index contributed by atoms with van der Waals surface area (Å²) in [5, 5.41) is 3.56. The van der Waals surface area contributed by atoms with Crippen molar-refractivity contribution in [3.63, 3.8) is 0 Å². The van der Waals surface area contributed by atoms with Crippen LogP contribution in [0.15, 0.2) is 42.5 Å². The van der Waals surface area contributed by atoms with Crippen molar-refractivity contribution in [2.24, 2.45) is 0 Å². The standard InChI is InChI=1S/C22H30N2/c1-5-18-14-19-21(15-20(18)23-6-2)24(13-12-22(19,3)4)16-17-10-8-7-9-11-17/h7-11,14-15,23H,5-6,12-13,16H2,1-4H3. The third-order valence-corrected chi connectivity index (χ3v) is 5.26. The van der Waals surface area contributed by atoms with Crippen molar-refractivity contribution in [1.29, 1.82) is 0 Å². The summed E-state index contributed by atoms with van der Waals surface area (Å²) < 4.78 is 0. The minimum absolute atomic E-state index is 0.247. The first kappa shape index (κ1) is 16.9. The number of anilines is 2. The van der Waals surface area contributed by atoms with E-state index < -0.39 is 0 Å². The molecule has 0 fully saturated rings. The molecule has 0 aromatic heterocycles. The highest BCUT2D eigenvalue weighted by atomic mass is 15.1. The quantitative estimate of drug-likeness (QED) is 0.796. The predicted octanol–water partition coefficient (Wildman–Crippen LogP) is 5.37. The van der Waals surface area contributed by atoms with Crippen LogP contribution in [0.2, 0.25) is 0 Å². The average molecular weight is 322 g/mol. The van der Waals surface area contributed by atoms with Crippen LogP contribution < -0.4 is 10.2 Å². The van der Waals surface area contributed by atoms with E-state index >= 15 is 0 Å². The topological polar surface area (TPSA) is 15.3 Å². The molecule has 2 aromatic rings. The van der Waals surface area contributed by atoms with Gasteiger partial charge < -0.3 is 10.2 Å². The van der Waals surface area contributed by atoms with Gasteiger partial charge in [0.15, 0.2) is 0 Å². The van der Waals surface area contributed by atoms with E-state index in [9.17, 15) is 0 Å². The molecule has 1 aliphatic heterocycles. The Balaban J connectivity index is 2.03. The zero-order valence-electron chi connectivity index (χ0n) is 15.5. The SMILES string of the molecule is CCNc1cc2c(cc1CC)C(C)(C)CCN2Cc1ccccc1. The number of nitrogens with one attached hydrogen (secondary N) is 1. The molecule has 0 bridgehead atoms. The zero-order chi connectivity index (χ0) is 17.2. The molecule has 1 N–H and O–H groups in total. The van der Waals surface area contributed by atoms with Crippen LogP contribution in [0.5, 0.6) is 0 Å². The summed E-state index contributed by atoms with van der Waals surface area (Å²) in [6.45, 7) is 12.3. The van der Waals surface area contributed by atoms with Gasteiger partial charge in [-0.2, -0.15) is 0 Å². The van der Waals surface area contributed by atoms with Gasteiger partial charge in [-0.25, -0.2) is 0 Å². The Bertz CT molecular complexity index is 689. The Kier molecular flexibility index (Phi) is 4.84. The molecule has 128 valence electrons. The minimum Gasteiger partial charge on any atom is -0.385 e. The van der Waals surface area contributed by atoms with Crippen LogP contribution in [0.3, 0.4) is 0 Å². The number of nitrogens with zero attached hydrogens (tertiary/aromatic N) is 1. The van der Waals surface area contributed by atoms with Crippen LogP contribution in [0.1, 0.15) is 50.8 Å². The molecule has 0 aliphatic carbocycles. The second kappa shape index (κ2) is 6.88. The van der Waals surface area contributed by atoms with Gasteiger partial charge in [0.25, 0.3) is 0 Å². The lowest BCUT2D eigenvalue weighted by molar-refractivity contribution is 0.452. The molecule has 2 nitrogen and oxygen atoms in total. The fourth-order valence-corrected chi connectivity index (χ4v) is 3.72. The molecule has 0 radical (unpaired) electrons. The normalized spacial score (nSPS) is 15.9. The first-order chi connectivity index (χ1) is 11.5. The first-order valence-corrected chi connectivity index (χ1v) is 9.25. The van der Waals surface area contributed by atoms with E-state index in [-0.39, 0.29) is 5.41 Å². The van der Waals surface area contributed by atoms with Crippen molar-refractivity contribution in [3.8, 4) is 0 Å². The van der Waals surface area contributed by atoms with E-state index in [0.29, 0.717) is 0 Å². The molecule has 2 heteroatoms. The summed E-state index contributed by atoms with van der Waals surface area (Å²) in [4.78, 5) is 2.55. The summed E-state index contributed by atoms with van der Waals surface area (Å²) in [6.07, 6.45) is 2.28. The van der Waals surface area contributed by atoms with E-state index in [1.807, 2.05) is 0 Å². The molecule has 0 atom stereocenters. The smallest absolute Gasteiger partial charge is 0.0429 e. The average Bonchev–Trinajstić information content (AvgIpc) is 2.58. The van der Waals surface area contributed by atoms with E-state index in [0.717, 1.165) is 26.1 Å². The highest BCUT2D eigenvalue weighted by molar-refractivity contribution is 5.69. The van der Waals surface area contributed by atoms with Gasteiger partial charge in [-0.1, -0.05) is 57.2 Å². The summed E-state index contributed by atoms with van der Waals surface area (Å²) >= 11 is 0. The van der Waals surface area contributed by atoms with Crippen molar-refractivity contribution in [1.82, 2.24) is 0 Å². The lowest BCUT2D eigenvalue weighted by atomic mass is 9.76. The fraction of sp³-hybridized carbons (Fsp3) is 0.455. The zero-order valence-corrected chi connectivity index (χ0v) is 15.5. The largest absolute Gasteiger partial charge is 0.385 e. The van der Waals surface area contributed by atoms with Gasteiger partial charge in [0.2, 0.25) is 0 Å². The molecule has 1 aliphatic rings. The van der Waals surface area contributed by atoms with Crippen LogP contribution in [0, 0.1) is 0 Å². The Labute approximate surface area is 146 Å². The van der Waals surface area contributed by atoms with E-state index in [2.05, 4.69) is 80.4 Å². The fourth-order valence-electron chi connectivity index (χ4n) is 3.72. The van der Waals surface area contributed by atoms with Crippen LogP contribution in [0.4, 0.5) is 11.4 Å². The lowest BCUT2D eigenvalue weighted by Crippen LogP contribution is -2.37. The molecule has 3 rings (SSSR count). The maximum absolute atomic E-state index is 3.56. The van der Waals surface area contributed by atoms with E-state index in [1.54, 1.807) is 0 Å².